The topological polar surface area (TPSA) is 90.6 Å². The number of nitrogens with zero attached hydrogens (tertiary/aromatic N) is 4. The molecule has 0 bridgehead atoms. The summed E-state index contributed by atoms with van der Waals surface area (Å²) in [5, 5.41) is 13.6. The van der Waals surface area contributed by atoms with Crippen molar-refractivity contribution in [1.82, 2.24) is 19.6 Å². The number of methoxy groups -OCH3 is 2. The molecule has 1 aliphatic carbocycles. The molecule has 33 heavy (non-hydrogen) atoms. The molecule has 1 N–H and O–H groups in total. The summed E-state index contributed by atoms with van der Waals surface area (Å²) in [7, 11) is 3.15. The minimum absolute atomic E-state index is 0.152. The van der Waals surface area contributed by atoms with Gasteiger partial charge < -0.3 is 14.8 Å². The summed E-state index contributed by atoms with van der Waals surface area (Å²) in [6.07, 6.45) is 3.34. The maximum atomic E-state index is 12.6. The van der Waals surface area contributed by atoms with Crippen LogP contribution in [0.25, 0.3) is 15.9 Å². The Balaban J connectivity index is 1.39. The van der Waals surface area contributed by atoms with E-state index in [1.54, 1.807) is 43.8 Å². The Labute approximate surface area is 199 Å². The molecule has 4 aromatic rings. The van der Waals surface area contributed by atoms with Gasteiger partial charge in [-0.3, -0.25) is 9.20 Å². The van der Waals surface area contributed by atoms with Crippen LogP contribution in [0.5, 0.6) is 11.5 Å². The van der Waals surface area contributed by atoms with Crippen LogP contribution in [0.4, 0.5) is 5.69 Å². The second-order valence-corrected chi connectivity index (χ2v) is 10.3. The number of nitrogens with one attached hydrogen (secondary N) is 1. The predicted octanol–water partition coefficient (Wildman–Crippen LogP) is 4.52. The molecule has 1 atom stereocenters. The highest BCUT2D eigenvalue weighted by atomic mass is 32.2. The molecule has 0 saturated heterocycles. The van der Waals surface area contributed by atoms with Crippen LogP contribution in [0.2, 0.25) is 0 Å². The molecule has 172 valence electrons. The molecule has 1 aromatic carbocycles. The number of fused-ring (bicyclic) bond motifs is 5. The zero-order valence-electron chi connectivity index (χ0n) is 19.0. The Bertz CT molecular complexity index is 1340. The van der Waals surface area contributed by atoms with Gasteiger partial charge in [0.1, 0.15) is 22.2 Å². The molecular weight excluding hydrogens is 458 g/mol. The average Bonchev–Trinajstić information content (AvgIpc) is 3.38. The summed E-state index contributed by atoms with van der Waals surface area (Å²) < 4.78 is 12.5. The van der Waals surface area contributed by atoms with Gasteiger partial charge in [0.2, 0.25) is 5.91 Å². The molecule has 0 spiro atoms. The summed E-state index contributed by atoms with van der Waals surface area (Å²) in [5.74, 6) is 2.79. The van der Waals surface area contributed by atoms with Crippen LogP contribution in [-0.2, 0) is 17.6 Å². The van der Waals surface area contributed by atoms with Crippen LogP contribution in [0, 0.1) is 12.8 Å². The minimum Gasteiger partial charge on any atom is -0.497 e. The summed E-state index contributed by atoms with van der Waals surface area (Å²) in [4.78, 5) is 20.0. The molecule has 5 rings (SSSR count). The van der Waals surface area contributed by atoms with Gasteiger partial charge in [-0.05, 0) is 37.7 Å². The number of aromatic nitrogens is 4. The molecule has 0 fully saturated rings. The van der Waals surface area contributed by atoms with E-state index < -0.39 is 0 Å². The molecule has 0 saturated carbocycles. The molecule has 1 aliphatic rings. The Kier molecular flexibility index (Phi) is 5.88. The normalized spacial score (nSPS) is 15.6. The number of thiophene rings is 1. The number of amides is 1. The number of rotatable bonds is 6. The number of carbonyl (C=O) groups excluding carboxylic acids is 1. The first-order chi connectivity index (χ1) is 16.0. The second kappa shape index (κ2) is 8.83. The number of hydrogen-bond donors (Lipinski definition) is 1. The molecule has 0 unspecified atom stereocenters. The fourth-order valence-electron chi connectivity index (χ4n) is 4.27. The largest absolute Gasteiger partial charge is 0.497 e. The molecule has 0 aliphatic heterocycles. The molecular formula is C23H25N5O3S2. The highest BCUT2D eigenvalue weighted by molar-refractivity contribution is 7.99. The maximum Gasteiger partial charge on any atom is 0.234 e. The number of benzene rings is 1. The first-order valence-electron chi connectivity index (χ1n) is 10.8. The highest BCUT2D eigenvalue weighted by Crippen LogP contribution is 2.39. The lowest BCUT2D eigenvalue weighted by Gasteiger charge is -2.17. The van der Waals surface area contributed by atoms with E-state index in [1.807, 2.05) is 11.3 Å². The van der Waals surface area contributed by atoms with Gasteiger partial charge in [-0.15, -0.1) is 21.5 Å². The van der Waals surface area contributed by atoms with E-state index in [0.717, 1.165) is 34.5 Å². The first kappa shape index (κ1) is 22.0. The van der Waals surface area contributed by atoms with Crippen LogP contribution < -0.4 is 14.8 Å². The summed E-state index contributed by atoms with van der Waals surface area (Å²) in [5.41, 5.74) is 2.82. The van der Waals surface area contributed by atoms with Gasteiger partial charge in [0.25, 0.3) is 0 Å². The van der Waals surface area contributed by atoms with Crippen molar-refractivity contribution in [1.29, 1.82) is 0 Å². The lowest BCUT2D eigenvalue weighted by atomic mass is 9.89. The number of thioether (sulfide) groups is 1. The van der Waals surface area contributed by atoms with Crippen LogP contribution in [-0.4, -0.2) is 45.5 Å². The van der Waals surface area contributed by atoms with Crippen molar-refractivity contribution in [3.63, 3.8) is 0 Å². The van der Waals surface area contributed by atoms with E-state index in [1.165, 1.54) is 28.6 Å². The monoisotopic (exact) mass is 483 g/mol. The zero-order chi connectivity index (χ0) is 23.1. The Morgan fingerprint density at radius 2 is 2.00 bits per heavy atom. The van der Waals surface area contributed by atoms with E-state index in [9.17, 15) is 4.79 Å². The molecule has 3 aromatic heterocycles. The fourth-order valence-corrected chi connectivity index (χ4v) is 6.47. The minimum atomic E-state index is -0.152. The van der Waals surface area contributed by atoms with E-state index in [-0.39, 0.29) is 11.7 Å². The zero-order valence-corrected chi connectivity index (χ0v) is 20.6. The van der Waals surface area contributed by atoms with E-state index in [4.69, 9.17) is 14.5 Å². The third-order valence-corrected chi connectivity index (χ3v) is 7.98. The predicted molar refractivity (Wildman–Crippen MR) is 131 cm³/mol. The maximum absolute atomic E-state index is 12.6. The van der Waals surface area contributed by atoms with E-state index >= 15 is 0 Å². The van der Waals surface area contributed by atoms with Gasteiger partial charge in [0.05, 0.1) is 25.4 Å². The number of ether oxygens (including phenoxy) is 2. The lowest BCUT2D eigenvalue weighted by Crippen LogP contribution is -2.14. The van der Waals surface area contributed by atoms with Crippen molar-refractivity contribution < 1.29 is 14.3 Å². The standard InChI is InChI=1S/C23H25N5O3S2/c1-12-5-6-17-18(7-12)33-22-20(17)21-26-27-23(28(21)13(2)24-22)32-11-19(29)25-14-8-15(30-3)10-16(9-14)31-4/h8-10,12H,5-7,11H2,1-4H3,(H,25,29)/t12-/m1/s1. The van der Waals surface area contributed by atoms with Gasteiger partial charge in [0.15, 0.2) is 10.8 Å². The van der Waals surface area contributed by atoms with Crippen LogP contribution in [0.1, 0.15) is 29.6 Å². The van der Waals surface area contributed by atoms with Gasteiger partial charge in [-0.2, -0.15) is 0 Å². The Morgan fingerprint density at radius 1 is 1.24 bits per heavy atom. The molecule has 10 heteroatoms. The number of anilines is 1. The lowest BCUT2D eigenvalue weighted by molar-refractivity contribution is -0.113. The Hall–Kier alpha value is -2.85. The van der Waals surface area contributed by atoms with Gasteiger partial charge in [-0.1, -0.05) is 18.7 Å². The quantitative estimate of drug-likeness (QED) is 0.403. The second-order valence-electron chi connectivity index (χ2n) is 8.27. The molecule has 8 nitrogen and oxygen atoms in total. The van der Waals surface area contributed by atoms with Crippen molar-refractivity contribution in [2.75, 3.05) is 25.3 Å². The number of aryl methyl sites for hydroxylation is 2. The van der Waals surface area contributed by atoms with E-state index in [2.05, 4.69) is 22.4 Å². The summed E-state index contributed by atoms with van der Waals surface area (Å²) in [6, 6.07) is 5.26. The smallest absolute Gasteiger partial charge is 0.234 e. The Morgan fingerprint density at radius 3 is 2.73 bits per heavy atom. The first-order valence-corrected chi connectivity index (χ1v) is 12.6. The molecule has 3 heterocycles. The average molecular weight is 484 g/mol. The highest BCUT2D eigenvalue weighted by Gasteiger charge is 2.25. The van der Waals surface area contributed by atoms with Crippen molar-refractivity contribution in [2.45, 2.75) is 38.3 Å². The summed E-state index contributed by atoms with van der Waals surface area (Å²) >= 11 is 3.13. The third kappa shape index (κ3) is 4.13. The van der Waals surface area contributed by atoms with Gasteiger partial charge >= 0.3 is 0 Å². The van der Waals surface area contributed by atoms with Gasteiger partial charge in [0, 0.05) is 28.8 Å². The van der Waals surface area contributed by atoms with Crippen LogP contribution >= 0.6 is 23.1 Å². The van der Waals surface area contributed by atoms with Crippen LogP contribution in [0.15, 0.2) is 23.4 Å². The van der Waals surface area contributed by atoms with Gasteiger partial charge in [-0.25, -0.2) is 4.98 Å². The van der Waals surface area contributed by atoms with E-state index in [0.29, 0.717) is 28.3 Å². The number of hydrogen-bond acceptors (Lipinski definition) is 8. The number of carbonyl (C=O) groups is 1. The van der Waals surface area contributed by atoms with Crippen molar-refractivity contribution in [3.8, 4) is 11.5 Å². The van der Waals surface area contributed by atoms with Crippen LogP contribution in [0.3, 0.4) is 0 Å². The fraction of sp³-hybridized carbons (Fsp3) is 0.391. The summed E-state index contributed by atoms with van der Waals surface area (Å²) in [6.45, 7) is 4.27. The van der Waals surface area contributed by atoms with Crippen molar-refractivity contribution >= 4 is 50.6 Å². The van der Waals surface area contributed by atoms with Crippen molar-refractivity contribution in [2.24, 2.45) is 5.92 Å². The molecule has 0 radical (unpaired) electrons. The third-order valence-electron chi connectivity index (χ3n) is 5.90. The SMILES string of the molecule is COc1cc(NC(=O)CSc2nnc3c4c5c(sc4nc(C)n23)C[C@H](C)CC5)cc(OC)c1. The molecule has 1 amide bonds. The van der Waals surface area contributed by atoms with Crippen molar-refractivity contribution in [3.05, 3.63) is 34.5 Å².